The highest BCUT2D eigenvalue weighted by atomic mass is 79.9. The highest BCUT2D eigenvalue weighted by Crippen LogP contribution is 2.09. The maximum atomic E-state index is 3.39. The minimum atomic E-state index is 0.827. The number of rotatable bonds is 3. The van der Waals surface area contributed by atoms with Crippen LogP contribution >= 0.6 is 15.9 Å². The summed E-state index contributed by atoms with van der Waals surface area (Å²) in [5.41, 5.74) is 0. The lowest BCUT2D eigenvalue weighted by atomic mass is 10.1. The first-order valence-corrected chi connectivity index (χ1v) is 4.24. The Morgan fingerprint density at radius 1 is 1.56 bits per heavy atom. The molecule has 0 N–H and O–H groups in total. The van der Waals surface area contributed by atoms with Crippen molar-refractivity contribution in [3.8, 4) is 0 Å². The second kappa shape index (κ2) is 5.04. The summed E-state index contributed by atoms with van der Waals surface area (Å²) in [5.74, 6) is 0.827. The van der Waals surface area contributed by atoms with E-state index in [0.717, 1.165) is 5.92 Å². The molecule has 0 fully saturated rings. The quantitative estimate of drug-likeness (QED) is 0.637. The molecule has 0 aromatic carbocycles. The molecule has 0 heterocycles. The molecular formula is C8H15Br. The van der Waals surface area contributed by atoms with E-state index in [9.17, 15) is 0 Å². The highest BCUT2D eigenvalue weighted by Gasteiger charge is 1.89. The van der Waals surface area contributed by atoms with Gasteiger partial charge in [0.2, 0.25) is 0 Å². The molecule has 0 amide bonds. The van der Waals surface area contributed by atoms with Gasteiger partial charge in [-0.05, 0) is 30.2 Å². The first-order chi connectivity index (χ1) is 4.13. The van der Waals surface area contributed by atoms with E-state index in [1.807, 2.05) is 0 Å². The third-order valence-corrected chi connectivity index (χ3v) is 1.49. The van der Waals surface area contributed by atoms with Crippen LogP contribution in [0.5, 0.6) is 0 Å². The summed E-state index contributed by atoms with van der Waals surface area (Å²) < 4.78 is 1.25. The lowest BCUT2D eigenvalue weighted by Gasteiger charge is -1.98. The van der Waals surface area contributed by atoms with E-state index in [1.165, 1.54) is 17.3 Å². The van der Waals surface area contributed by atoms with Crippen LogP contribution in [0.1, 0.15) is 33.6 Å². The van der Waals surface area contributed by atoms with Crippen LogP contribution in [0.3, 0.4) is 0 Å². The zero-order valence-corrected chi connectivity index (χ0v) is 8.03. The van der Waals surface area contributed by atoms with Gasteiger partial charge in [0.25, 0.3) is 0 Å². The Balaban J connectivity index is 3.20. The zero-order chi connectivity index (χ0) is 7.28. The van der Waals surface area contributed by atoms with E-state index in [0.29, 0.717) is 0 Å². The Morgan fingerprint density at radius 3 is 2.44 bits per heavy atom. The van der Waals surface area contributed by atoms with Gasteiger partial charge in [0.05, 0.1) is 0 Å². The van der Waals surface area contributed by atoms with Gasteiger partial charge in [-0.1, -0.05) is 35.9 Å². The van der Waals surface area contributed by atoms with E-state index >= 15 is 0 Å². The van der Waals surface area contributed by atoms with Gasteiger partial charge in [-0.2, -0.15) is 0 Å². The van der Waals surface area contributed by atoms with Crippen LogP contribution < -0.4 is 0 Å². The maximum Gasteiger partial charge on any atom is -0.0120 e. The SMILES string of the molecule is CC(Br)=CCCC(C)C. The summed E-state index contributed by atoms with van der Waals surface area (Å²) >= 11 is 3.39. The highest BCUT2D eigenvalue weighted by molar-refractivity contribution is 9.11. The van der Waals surface area contributed by atoms with Crippen LogP contribution in [0.2, 0.25) is 0 Å². The van der Waals surface area contributed by atoms with Crippen molar-refractivity contribution in [2.45, 2.75) is 33.6 Å². The second-order valence-electron chi connectivity index (χ2n) is 2.76. The summed E-state index contributed by atoms with van der Waals surface area (Å²) in [5, 5.41) is 0. The number of halogens is 1. The molecule has 0 nitrogen and oxygen atoms in total. The van der Waals surface area contributed by atoms with E-state index in [4.69, 9.17) is 0 Å². The van der Waals surface area contributed by atoms with Crippen LogP contribution in [0.15, 0.2) is 10.6 Å². The molecule has 1 heteroatoms. The van der Waals surface area contributed by atoms with Crippen molar-refractivity contribution in [2.75, 3.05) is 0 Å². The van der Waals surface area contributed by atoms with Crippen LogP contribution in [-0.4, -0.2) is 0 Å². The number of hydrogen-bond acceptors (Lipinski definition) is 0. The minimum Gasteiger partial charge on any atom is -0.0746 e. The molecule has 0 unspecified atom stereocenters. The van der Waals surface area contributed by atoms with E-state index < -0.39 is 0 Å². The first kappa shape index (κ1) is 9.22. The molecule has 0 aliphatic heterocycles. The largest absolute Gasteiger partial charge is 0.0746 e. The predicted molar refractivity (Wildman–Crippen MR) is 46.8 cm³/mol. The van der Waals surface area contributed by atoms with Gasteiger partial charge in [-0.25, -0.2) is 0 Å². The molecule has 0 spiro atoms. The lowest BCUT2D eigenvalue weighted by Crippen LogP contribution is -1.83. The Bertz CT molecular complexity index is 88.7. The van der Waals surface area contributed by atoms with Crippen molar-refractivity contribution in [1.82, 2.24) is 0 Å². The summed E-state index contributed by atoms with van der Waals surface area (Å²) in [4.78, 5) is 0. The van der Waals surface area contributed by atoms with Crippen LogP contribution in [0, 0.1) is 5.92 Å². The molecule has 0 aromatic rings. The first-order valence-electron chi connectivity index (χ1n) is 3.45. The Kier molecular flexibility index (Phi) is 5.16. The molecule has 0 bridgehead atoms. The van der Waals surface area contributed by atoms with Gasteiger partial charge in [-0.15, -0.1) is 0 Å². The number of allylic oxidation sites excluding steroid dienone is 2. The fourth-order valence-electron chi connectivity index (χ4n) is 0.616. The summed E-state index contributed by atoms with van der Waals surface area (Å²) in [6.07, 6.45) is 4.72. The number of hydrogen-bond donors (Lipinski definition) is 0. The third-order valence-electron chi connectivity index (χ3n) is 1.17. The van der Waals surface area contributed by atoms with Crippen molar-refractivity contribution in [3.05, 3.63) is 10.6 Å². The summed E-state index contributed by atoms with van der Waals surface area (Å²) in [6, 6.07) is 0. The summed E-state index contributed by atoms with van der Waals surface area (Å²) in [6.45, 7) is 6.56. The molecule has 0 aliphatic rings. The molecule has 0 aromatic heterocycles. The molecule has 9 heavy (non-hydrogen) atoms. The van der Waals surface area contributed by atoms with Gasteiger partial charge < -0.3 is 0 Å². The van der Waals surface area contributed by atoms with Crippen LogP contribution in [0.25, 0.3) is 0 Å². The van der Waals surface area contributed by atoms with Crippen molar-refractivity contribution < 1.29 is 0 Å². The molecular weight excluding hydrogens is 176 g/mol. The van der Waals surface area contributed by atoms with Crippen molar-refractivity contribution in [3.63, 3.8) is 0 Å². The fourth-order valence-corrected chi connectivity index (χ4v) is 0.844. The minimum absolute atomic E-state index is 0.827. The Morgan fingerprint density at radius 2 is 2.11 bits per heavy atom. The monoisotopic (exact) mass is 190 g/mol. The molecule has 0 radical (unpaired) electrons. The van der Waals surface area contributed by atoms with Crippen molar-refractivity contribution >= 4 is 15.9 Å². The van der Waals surface area contributed by atoms with Gasteiger partial charge in [0.15, 0.2) is 0 Å². The van der Waals surface area contributed by atoms with Gasteiger partial charge in [0, 0.05) is 0 Å². The molecule has 54 valence electrons. The molecule has 0 saturated carbocycles. The van der Waals surface area contributed by atoms with E-state index in [1.54, 1.807) is 0 Å². The Labute approximate surface area is 66.5 Å². The lowest BCUT2D eigenvalue weighted by molar-refractivity contribution is 0.594. The second-order valence-corrected chi connectivity index (χ2v) is 4.01. The van der Waals surface area contributed by atoms with Crippen molar-refractivity contribution in [2.24, 2.45) is 5.92 Å². The summed E-state index contributed by atoms with van der Waals surface area (Å²) in [7, 11) is 0. The average molecular weight is 191 g/mol. The zero-order valence-electron chi connectivity index (χ0n) is 6.45. The van der Waals surface area contributed by atoms with Gasteiger partial charge in [-0.3, -0.25) is 0 Å². The predicted octanol–water partition coefficient (Wildman–Crippen LogP) is 3.72. The van der Waals surface area contributed by atoms with Crippen LogP contribution in [-0.2, 0) is 0 Å². The molecule has 0 atom stereocenters. The Hall–Kier alpha value is 0.220. The molecule has 0 aliphatic carbocycles. The fraction of sp³-hybridized carbons (Fsp3) is 0.750. The van der Waals surface area contributed by atoms with Crippen molar-refractivity contribution in [1.29, 1.82) is 0 Å². The normalized spacial score (nSPS) is 12.8. The maximum absolute atomic E-state index is 3.39. The van der Waals surface area contributed by atoms with Gasteiger partial charge in [0.1, 0.15) is 0 Å². The topological polar surface area (TPSA) is 0 Å². The average Bonchev–Trinajstić information content (AvgIpc) is 1.63. The van der Waals surface area contributed by atoms with E-state index in [2.05, 4.69) is 42.8 Å². The smallest absolute Gasteiger partial charge is 0.0120 e. The molecule has 0 rings (SSSR count). The third kappa shape index (κ3) is 8.22. The van der Waals surface area contributed by atoms with E-state index in [-0.39, 0.29) is 0 Å². The van der Waals surface area contributed by atoms with Gasteiger partial charge >= 0.3 is 0 Å². The standard InChI is InChI=1S/C8H15Br/c1-7(2)5-4-6-8(3)9/h6-7H,4-5H2,1-3H3. The molecule has 0 saturated heterocycles. The van der Waals surface area contributed by atoms with Crippen LogP contribution in [0.4, 0.5) is 0 Å².